The Labute approximate surface area is 164 Å². The van der Waals surface area contributed by atoms with Gasteiger partial charge < -0.3 is 14.4 Å². The van der Waals surface area contributed by atoms with E-state index in [1.54, 1.807) is 6.07 Å². The second-order valence-corrected chi connectivity index (χ2v) is 7.91. The molecule has 0 atom stereocenters. The normalized spacial score (nSPS) is 11.6. The van der Waals surface area contributed by atoms with E-state index in [1.165, 1.54) is 48.5 Å². The smallest absolute Gasteiger partial charge is 0.420 e. The molecule has 4 aromatic rings. The van der Waals surface area contributed by atoms with E-state index >= 15 is 0 Å². The van der Waals surface area contributed by atoms with E-state index in [2.05, 4.69) is 9.79 Å². The third-order valence-electron chi connectivity index (χ3n) is 4.17. The second kappa shape index (κ2) is 7.06. The quantitative estimate of drug-likeness (QED) is 0.456. The average molecular weight is 414 g/mol. The van der Waals surface area contributed by atoms with Gasteiger partial charge in [-0.05, 0) is 29.2 Å². The van der Waals surface area contributed by atoms with E-state index in [1.807, 2.05) is 6.92 Å². The maximum Gasteiger partial charge on any atom is 0.420 e. The molecular weight excluding hydrogens is 400 g/mol. The molecule has 0 radical (unpaired) electrons. The number of aromatic nitrogens is 2. The van der Waals surface area contributed by atoms with E-state index in [9.17, 15) is 18.4 Å². The van der Waals surface area contributed by atoms with E-state index < -0.39 is 20.7 Å². The summed E-state index contributed by atoms with van der Waals surface area (Å²) < 4.78 is 41.2. The van der Waals surface area contributed by atoms with Crippen molar-refractivity contribution >= 4 is 20.8 Å². The summed E-state index contributed by atoms with van der Waals surface area (Å²) in [7, 11) is -4.24. The molecule has 4 rings (SSSR count). The van der Waals surface area contributed by atoms with Crippen molar-refractivity contribution in [1.82, 2.24) is 5.16 Å². The maximum absolute atomic E-state index is 12.8. The van der Waals surface area contributed by atoms with Crippen LogP contribution in [0.3, 0.4) is 0 Å². The Morgan fingerprint density at radius 3 is 2.62 bits per heavy atom. The number of ether oxygens (including phenoxy) is 1. The molecular formula is C19H14N2O7S. The Bertz CT molecular complexity index is 1360. The number of nitrogens with zero attached hydrogens (tertiary/aromatic N) is 2. The fourth-order valence-corrected chi connectivity index (χ4v) is 4.03. The van der Waals surface area contributed by atoms with Crippen LogP contribution in [0.4, 0.5) is 0 Å². The van der Waals surface area contributed by atoms with Gasteiger partial charge in [-0.25, -0.2) is 8.42 Å². The van der Waals surface area contributed by atoms with Crippen molar-refractivity contribution in [2.24, 2.45) is 0 Å². The molecule has 2 heterocycles. The molecule has 2 aromatic heterocycles. The number of hydrogen-bond donors (Lipinski definition) is 0. The molecule has 0 aliphatic rings. The summed E-state index contributed by atoms with van der Waals surface area (Å²) in [6.45, 7) is 1.84. The summed E-state index contributed by atoms with van der Waals surface area (Å²) in [5.74, 6) is 0.0790. The van der Waals surface area contributed by atoms with Gasteiger partial charge in [-0.1, -0.05) is 25.1 Å². The van der Waals surface area contributed by atoms with Crippen LogP contribution >= 0.6 is 0 Å². The highest BCUT2D eigenvalue weighted by molar-refractivity contribution is 7.91. The number of hydrogen-bond acceptors (Lipinski definition) is 8. The Morgan fingerprint density at radius 2 is 1.90 bits per heavy atom. The lowest BCUT2D eigenvalue weighted by atomic mass is 10.2. The van der Waals surface area contributed by atoms with Crippen LogP contribution in [0.25, 0.3) is 11.0 Å². The monoisotopic (exact) mass is 414 g/mol. The summed E-state index contributed by atoms with van der Waals surface area (Å²) in [4.78, 5) is 11.8. The Kier molecular flexibility index (Phi) is 4.55. The van der Waals surface area contributed by atoms with E-state index in [-0.39, 0.29) is 26.6 Å². The molecule has 0 saturated heterocycles. The zero-order chi connectivity index (χ0) is 20.6. The second-order valence-electron chi connectivity index (χ2n) is 6.05. The van der Waals surface area contributed by atoms with Crippen LogP contribution in [0.5, 0.6) is 11.6 Å². The highest BCUT2D eigenvalue weighted by atomic mass is 32.2. The predicted octanol–water partition coefficient (Wildman–Crippen LogP) is 2.60. The molecule has 0 N–H and O–H groups in total. The van der Waals surface area contributed by atoms with Gasteiger partial charge in [-0.3, -0.25) is 9.42 Å². The molecule has 0 spiro atoms. The molecule has 9 nitrogen and oxygen atoms in total. The van der Waals surface area contributed by atoms with Crippen molar-refractivity contribution in [3.05, 3.63) is 75.8 Å². The van der Waals surface area contributed by atoms with Gasteiger partial charge in [-0.15, -0.1) is 0 Å². The van der Waals surface area contributed by atoms with E-state index in [0.717, 1.165) is 0 Å². The molecule has 0 aliphatic carbocycles. The largest absolute Gasteiger partial charge is 0.461 e. The minimum atomic E-state index is -4.24. The number of fused-ring (bicyclic) bond motifs is 1. The SMILES string of the molecule is CCc1cc(=O)c2ccc(Oc3no[n+]([O-])c3S(=O)(=O)c3ccccc3)cc2o1. The van der Waals surface area contributed by atoms with Crippen LogP contribution in [-0.2, 0) is 16.3 Å². The first-order chi connectivity index (χ1) is 13.9. The van der Waals surface area contributed by atoms with Crippen LogP contribution in [0.1, 0.15) is 12.7 Å². The molecule has 10 heteroatoms. The molecule has 2 aromatic carbocycles. The van der Waals surface area contributed by atoms with Gasteiger partial charge in [-0.2, -0.15) is 0 Å². The molecule has 0 saturated carbocycles. The van der Waals surface area contributed by atoms with Gasteiger partial charge in [0.1, 0.15) is 17.1 Å². The number of rotatable bonds is 5. The van der Waals surface area contributed by atoms with Crippen molar-refractivity contribution in [3.63, 3.8) is 0 Å². The lowest BCUT2D eigenvalue weighted by molar-refractivity contribution is -0.832. The van der Waals surface area contributed by atoms with Crippen LogP contribution in [-0.4, -0.2) is 13.6 Å². The summed E-state index contributed by atoms with van der Waals surface area (Å²) in [5, 5.41) is 14.9. The predicted molar refractivity (Wildman–Crippen MR) is 99.3 cm³/mol. The summed E-state index contributed by atoms with van der Waals surface area (Å²) in [6, 6.07) is 13.1. The summed E-state index contributed by atoms with van der Waals surface area (Å²) in [6.07, 6.45) is 0.523. The first-order valence-corrected chi connectivity index (χ1v) is 10.0. The van der Waals surface area contributed by atoms with Crippen LogP contribution < -0.4 is 15.1 Å². The van der Waals surface area contributed by atoms with Crippen molar-refractivity contribution in [3.8, 4) is 11.6 Å². The lowest BCUT2D eigenvalue weighted by Crippen LogP contribution is -2.30. The Balaban J connectivity index is 1.78. The van der Waals surface area contributed by atoms with Crippen molar-refractivity contribution in [2.75, 3.05) is 0 Å². The first kappa shape index (κ1) is 18.7. The molecule has 0 amide bonds. The fraction of sp³-hybridized carbons (Fsp3) is 0.105. The van der Waals surface area contributed by atoms with E-state index in [0.29, 0.717) is 17.6 Å². The molecule has 0 bridgehead atoms. The number of aryl methyl sites for hydroxylation is 1. The van der Waals surface area contributed by atoms with Crippen molar-refractivity contribution in [2.45, 2.75) is 23.3 Å². The zero-order valence-electron chi connectivity index (χ0n) is 15.1. The zero-order valence-corrected chi connectivity index (χ0v) is 15.9. The van der Waals surface area contributed by atoms with Gasteiger partial charge >= 0.3 is 10.9 Å². The van der Waals surface area contributed by atoms with Crippen molar-refractivity contribution in [1.29, 1.82) is 0 Å². The molecule has 29 heavy (non-hydrogen) atoms. The van der Waals surface area contributed by atoms with Gasteiger partial charge in [0.2, 0.25) is 0 Å². The maximum atomic E-state index is 12.8. The van der Waals surface area contributed by atoms with Crippen LogP contribution in [0.15, 0.2) is 78.4 Å². The van der Waals surface area contributed by atoms with Crippen LogP contribution in [0, 0.1) is 5.21 Å². The van der Waals surface area contributed by atoms with Gasteiger partial charge in [0.15, 0.2) is 5.43 Å². The fourth-order valence-electron chi connectivity index (χ4n) is 2.75. The standard InChI is InChI=1S/C19H14N2O7S/c1-2-12-10-16(22)15-9-8-13(11-17(15)26-12)27-18-19(21(23)28-20-18)29(24,25)14-6-4-3-5-7-14/h3-11H,2H2,1H3. The van der Waals surface area contributed by atoms with Crippen molar-refractivity contribution < 1.29 is 27.1 Å². The third kappa shape index (κ3) is 3.34. The third-order valence-corrected chi connectivity index (χ3v) is 5.89. The summed E-state index contributed by atoms with van der Waals surface area (Å²) >= 11 is 0. The topological polar surface area (TPSA) is 127 Å². The van der Waals surface area contributed by atoms with Gasteiger partial charge in [0, 0.05) is 18.6 Å². The molecule has 0 fully saturated rings. The minimum absolute atomic E-state index is 0.116. The Hall–Kier alpha value is -3.66. The molecule has 148 valence electrons. The molecule has 0 unspecified atom stereocenters. The van der Waals surface area contributed by atoms with E-state index in [4.69, 9.17) is 9.15 Å². The average Bonchev–Trinajstić information content (AvgIpc) is 3.09. The van der Waals surface area contributed by atoms with Crippen LogP contribution in [0.2, 0.25) is 0 Å². The minimum Gasteiger partial charge on any atom is -0.461 e. The number of sulfone groups is 1. The molecule has 0 aliphatic heterocycles. The lowest BCUT2D eigenvalue weighted by Gasteiger charge is -2.05. The number of benzene rings is 2. The highest BCUT2D eigenvalue weighted by Crippen LogP contribution is 2.30. The Morgan fingerprint density at radius 1 is 1.14 bits per heavy atom. The van der Waals surface area contributed by atoms with Gasteiger partial charge in [0.05, 0.1) is 15.4 Å². The first-order valence-electron chi connectivity index (χ1n) is 8.54. The highest BCUT2D eigenvalue weighted by Gasteiger charge is 2.36. The van der Waals surface area contributed by atoms with Gasteiger partial charge in [0.25, 0.3) is 9.84 Å². The summed E-state index contributed by atoms with van der Waals surface area (Å²) in [5.41, 5.74) is 0.0543.